The fourth-order valence-electron chi connectivity index (χ4n) is 4.93. The molecule has 37 heavy (non-hydrogen) atoms. The molecule has 1 amide bonds. The molecule has 0 saturated carbocycles. The Morgan fingerprint density at radius 1 is 1.05 bits per heavy atom. The first-order chi connectivity index (χ1) is 17.6. The second-order valence-electron chi connectivity index (χ2n) is 9.70. The van der Waals surface area contributed by atoms with E-state index in [1.54, 1.807) is 26.4 Å². The summed E-state index contributed by atoms with van der Waals surface area (Å²) in [5.41, 5.74) is 0.803. The number of hydrogen-bond acceptors (Lipinski definition) is 6. The molecule has 1 aromatic heterocycles. The van der Waals surface area contributed by atoms with Crippen LogP contribution in [0.25, 0.3) is 10.9 Å². The Labute approximate surface area is 216 Å². The summed E-state index contributed by atoms with van der Waals surface area (Å²) in [6, 6.07) is 9.94. The minimum Gasteiger partial charge on any atom is -0.493 e. The number of pyridine rings is 1. The van der Waals surface area contributed by atoms with Crippen molar-refractivity contribution in [2.45, 2.75) is 31.6 Å². The summed E-state index contributed by atoms with van der Waals surface area (Å²) in [6.07, 6.45) is 2.86. The molecule has 9 nitrogen and oxygen atoms in total. The number of amides is 1. The number of nitrogens with one attached hydrogen (secondary N) is 2. The predicted octanol–water partition coefficient (Wildman–Crippen LogP) is 3.18. The van der Waals surface area contributed by atoms with Crippen molar-refractivity contribution >= 4 is 26.8 Å². The average Bonchev–Trinajstić information content (AvgIpc) is 2.88. The molecule has 1 fully saturated rings. The number of aromatic amines is 1. The molecule has 1 saturated heterocycles. The fraction of sp³-hybridized carbons (Fsp3) is 0.407. The van der Waals surface area contributed by atoms with Crippen LogP contribution in [0.3, 0.4) is 0 Å². The number of H-pyrrole nitrogens is 1. The third-order valence-corrected chi connectivity index (χ3v) is 8.54. The molecule has 198 valence electrons. The van der Waals surface area contributed by atoms with Gasteiger partial charge in [0.05, 0.1) is 19.1 Å². The first kappa shape index (κ1) is 26.7. The SMILES string of the molecule is COc1ccc(CCNC(=O)c2c[nH]c3ccc(S(=O)(=O)N4C[C@H](C)C[C@@H](C)C4)cc3c2=O)cc1OC. The van der Waals surface area contributed by atoms with Crippen LogP contribution in [0.4, 0.5) is 0 Å². The van der Waals surface area contributed by atoms with Crippen LogP contribution in [0.2, 0.25) is 0 Å². The summed E-state index contributed by atoms with van der Waals surface area (Å²) >= 11 is 0. The molecule has 4 rings (SSSR count). The lowest BCUT2D eigenvalue weighted by molar-refractivity contribution is 0.0953. The van der Waals surface area contributed by atoms with E-state index in [1.165, 1.54) is 22.6 Å². The van der Waals surface area contributed by atoms with E-state index in [4.69, 9.17) is 9.47 Å². The van der Waals surface area contributed by atoms with Crippen LogP contribution < -0.4 is 20.2 Å². The number of carbonyl (C=O) groups excluding carboxylic acids is 1. The van der Waals surface area contributed by atoms with Gasteiger partial charge in [-0.1, -0.05) is 19.9 Å². The highest BCUT2D eigenvalue weighted by molar-refractivity contribution is 7.89. The second-order valence-corrected chi connectivity index (χ2v) is 11.6. The van der Waals surface area contributed by atoms with E-state index in [2.05, 4.69) is 10.3 Å². The summed E-state index contributed by atoms with van der Waals surface area (Å²) in [6.45, 7) is 5.28. The Hall–Kier alpha value is -3.37. The highest BCUT2D eigenvalue weighted by atomic mass is 32.2. The Bertz CT molecular complexity index is 1460. The van der Waals surface area contributed by atoms with Crippen molar-refractivity contribution in [3.8, 4) is 11.5 Å². The number of hydrogen-bond donors (Lipinski definition) is 2. The number of nitrogens with zero attached hydrogens (tertiary/aromatic N) is 1. The molecule has 0 unspecified atom stereocenters. The zero-order chi connectivity index (χ0) is 26.7. The van der Waals surface area contributed by atoms with E-state index in [9.17, 15) is 18.0 Å². The summed E-state index contributed by atoms with van der Waals surface area (Å²) < 4.78 is 38.7. The van der Waals surface area contributed by atoms with Gasteiger partial charge >= 0.3 is 0 Å². The molecule has 2 aromatic carbocycles. The Morgan fingerprint density at radius 2 is 1.76 bits per heavy atom. The molecular weight excluding hydrogens is 494 g/mol. The van der Waals surface area contributed by atoms with Crippen LogP contribution in [0.5, 0.6) is 11.5 Å². The smallest absolute Gasteiger partial charge is 0.256 e. The van der Waals surface area contributed by atoms with E-state index in [1.807, 2.05) is 26.0 Å². The largest absolute Gasteiger partial charge is 0.493 e. The third-order valence-electron chi connectivity index (χ3n) is 6.72. The molecule has 0 radical (unpaired) electrons. The lowest BCUT2D eigenvalue weighted by Gasteiger charge is -2.34. The number of sulfonamides is 1. The normalized spacial score (nSPS) is 18.5. The molecule has 0 bridgehead atoms. The van der Waals surface area contributed by atoms with Crippen LogP contribution in [0, 0.1) is 11.8 Å². The van der Waals surface area contributed by atoms with Crippen LogP contribution in [-0.2, 0) is 16.4 Å². The predicted molar refractivity (Wildman–Crippen MR) is 142 cm³/mol. The van der Waals surface area contributed by atoms with Crippen molar-refractivity contribution in [1.29, 1.82) is 0 Å². The van der Waals surface area contributed by atoms with Crippen molar-refractivity contribution < 1.29 is 22.7 Å². The molecule has 2 atom stereocenters. The van der Waals surface area contributed by atoms with Gasteiger partial charge in [0.25, 0.3) is 5.91 Å². The first-order valence-corrected chi connectivity index (χ1v) is 13.7. The third kappa shape index (κ3) is 5.65. The molecule has 2 N–H and O–H groups in total. The molecule has 2 heterocycles. The van der Waals surface area contributed by atoms with Crippen molar-refractivity contribution in [2.24, 2.45) is 11.8 Å². The van der Waals surface area contributed by atoms with E-state index in [0.717, 1.165) is 12.0 Å². The molecule has 1 aliphatic rings. The zero-order valence-electron chi connectivity index (χ0n) is 21.5. The highest BCUT2D eigenvalue weighted by Crippen LogP contribution is 2.28. The standard InChI is InChI=1S/C27H33N3O6S/c1-17-11-18(2)16-30(15-17)37(33,34)20-6-7-23-21(13-20)26(31)22(14-29-23)27(32)28-10-9-19-5-8-24(35-3)25(12-19)36-4/h5-8,12-14,17-18H,9-11,15-16H2,1-4H3,(H,28,32)(H,29,31)/t17-,18-/m1/s1. The number of rotatable bonds is 8. The van der Waals surface area contributed by atoms with Gasteiger partial charge < -0.3 is 19.8 Å². The summed E-state index contributed by atoms with van der Waals surface area (Å²) in [5.74, 6) is 1.20. The van der Waals surface area contributed by atoms with Crippen LogP contribution in [0.15, 0.2) is 52.3 Å². The summed E-state index contributed by atoms with van der Waals surface area (Å²) in [4.78, 5) is 29.0. The topological polar surface area (TPSA) is 118 Å². The van der Waals surface area contributed by atoms with E-state index in [-0.39, 0.29) is 27.7 Å². The Morgan fingerprint density at radius 3 is 2.43 bits per heavy atom. The number of ether oxygens (including phenoxy) is 2. The molecule has 1 aliphatic heterocycles. The zero-order valence-corrected chi connectivity index (χ0v) is 22.4. The minimum atomic E-state index is -3.76. The van der Waals surface area contributed by atoms with Gasteiger partial charge in [0.15, 0.2) is 11.5 Å². The number of aromatic nitrogens is 1. The monoisotopic (exact) mass is 527 g/mol. The van der Waals surface area contributed by atoms with Crippen LogP contribution in [-0.4, -0.2) is 57.5 Å². The molecule has 3 aromatic rings. The van der Waals surface area contributed by atoms with Crippen LogP contribution >= 0.6 is 0 Å². The molecule has 0 aliphatic carbocycles. The summed E-state index contributed by atoms with van der Waals surface area (Å²) in [7, 11) is -0.648. The first-order valence-electron chi connectivity index (χ1n) is 12.3. The van der Waals surface area contributed by atoms with Gasteiger partial charge in [-0.25, -0.2) is 8.42 Å². The van der Waals surface area contributed by atoms with Crippen molar-refractivity contribution in [1.82, 2.24) is 14.6 Å². The maximum Gasteiger partial charge on any atom is 0.256 e. The van der Waals surface area contributed by atoms with Crippen molar-refractivity contribution in [2.75, 3.05) is 33.9 Å². The minimum absolute atomic E-state index is 0.0535. The van der Waals surface area contributed by atoms with Gasteiger partial charge in [0.2, 0.25) is 15.5 Å². The number of carbonyl (C=O) groups is 1. The van der Waals surface area contributed by atoms with Gasteiger partial charge in [-0.2, -0.15) is 4.31 Å². The van der Waals surface area contributed by atoms with Gasteiger partial charge in [0, 0.05) is 36.7 Å². The number of benzene rings is 2. The number of methoxy groups -OCH3 is 2. The van der Waals surface area contributed by atoms with Gasteiger partial charge in [0.1, 0.15) is 5.56 Å². The lowest BCUT2D eigenvalue weighted by atomic mass is 9.94. The van der Waals surface area contributed by atoms with E-state index in [0.29, 0.717) is 43.1 Å². The van der Waals surface area contributed by atoms with Crippen molar-refractivity contribution in [3.63, 3.8) is 0 Å². The van der Waals surface area contributed by atoms with Crippen molar-refractivity contribution in [3.05, 3.63) is 63.9 Å². The quantitative estimate of drug-likeness (QED) is 0.465. The van der Waals surface area contributed by atoms with Gasteiger partial charge in [-0.15, -0.1) is 0 Å². The Kier molecular flexibility index (Phi) is 7.89. The molecule has 0 spiro atoms. The molecular formula is C27H33N3O6S. The highest BCUT2D eigenvalue weighted by Gasteiger charge is 2.32. The molecule has 10 heteroatoms. The fourth-order valence-corrected chi connectivity index (χ4v) is 6.64. The lowest BCUT2D eigenvalue weighted by Crippen LogP contribution is -2.42. The summed E-state index contributed by atoms with van der Waals surface area (Å²) in [5, 5.41) is 2.93. The van der Waals surface area contributed by atoms with Gasteiger partial charge in [-0.05, 0) is 60.6 Å². The number of piperidine rings is 1. The number of fused-ring (bicyclic) bond motifs is 1. The maximum atomic E-state index is 13.3. The Balaban J connectivity index is 1.53. The maximum absolute atomic E-state index is 13.3. The van der Waals surface area contributed by atoms with Gasteiger partial charge in [-0.3, -0.25) is 9.59 Å². The average molecular weight is 528 g/mol. The second kappa shape index (κ2) is 10.9. The van der Waals surface area contributed by atoms with E-state index >= 15 is 0 Å². The van der Waals surface area contributed by atoms with E-state index < -0.39 is 21.4 Å². The van der Waals surface area contributed by atoms with Crippen LogP contribution in [0.1, 0.15) is 36.2 Å².